The van der Waals surface area contributed by atoms with Gasteiger partial charge in [0.1, 0.15) is 22.4 Å². The number of fused-ring (bicyclic) bond motifs is 1. The molecule has 1 aliphatic rings. The second-order valence-electron chi connectivity index (χ2n) is 8.75. The van der Waals surface area contributed by atoms with Crippen molar-refractivity contribution in [2.75, 3.05) is 11.9 Å². The highest BCUT2D eigenvalue weighted by atomic mass is 35.5. The van der Waals surface area contributed by atoms with E-state index in [4.69, 9.17) is 16.3 Å². The number of carbonyl (C=O) groups is 1. The predicted molar refractivity (Wildman–Crippen MR) is 150 cm³/mol. The molecule has 1 aliphatic heterocycles. The second-order valence-corrected chi connectivity index (χ2v) is 9.95. The Labute approximate surface area is 235 Å². The molecule has 2 aromatic heterocycles. The smallest absolute Gasteiger partial charge is 0.262 e. The molecule has 0 atom stereocenters. The molecule has 0 unspecified atom stereocenters. The van der Waals surface area contributed by atoms with Crippen LogP contribution in [0.4, 0.5) is 20.2 Å². The summed E-state index contributed by atoms with van der Waals surface area (Å²) in [5.74, 6) is -1.22. The maximum absolute atomic E-state index is 14.5. The molecule has 0 spiro atoms. The van der Waals surface area contributed by atoms with E-state index in [1.54, 1.807) is 28.4 Å². The number of anilines is 1. The monoisotopic (exact) mass is 576 g/mol. The lowest BCUT2D eigenvalue weighted by Crippen LogP contribution is -2.25. The molecule has 0 bridgehead atoms. The zero-order valence-corrected chi connectivity index (χ0v) is 22.4. The van der Waals surface area contributed by atoms with Gasteiger partial charge >= 0.3 is 0 Å². The Morgan fingerprint density at radius 2 is 1.95 bits per heavy atom. The molecule has 0 fully saturated rings. The number of ether oxygens (including phenoxy) is 1. The Kier molecular flexibility index (Phi) is 6.74. The van der Waals surface area contributed by atoms with Gasteiger partial charge in [-0.15, -0.1) is 11.3 Å². The number of aromatic nitrogens is 3. The molecule has 0 aliphatic carbocycles. The van der Waals surface area contributed by atoms with Crippen LogP contribution in [-0.4, -0.2) is 33.2 Å². The predicted octanol–water partition coefficient (Wildman–Crippen LogP) is 6.09. The number of aryl methyl sites for hydroxylation is 1. The highest BCUT2D eigenvalue weighted by Crippen LogP contribution is 2.33. The number of amides is 1. The molecule has 0 saturated carbocycles. The van der Waals surface area contributed by atoms with E-state index in [9.17, 15) is 13.6 Å². The molecule has 12 heteroatoms. The lowest BCUT2D eigenvalue weighted by Gasteiger charge is -2.18. The summed E-state index contributed by atoms with van der Waals surface area (Å²) in [6.07, 6.45) is 1.56. The average molecular weight is 577 g/mol. The van der Waals surface area contributed by atoms with Gasteiger partial charge in [0.05, 0.1) is 34.5 Å². The van der Waals surface area contributed by atoms with Crippen LogP contribution < -0.4 is 14.9 Å². The standard InChI is InChI=1S/C28H19ClF2N6O2S/c1-16-20(27(29)36(35-16)19-5-3-2-4-6-19)13-32-37-24(17-7-10-25-23(11-17)33-26(38)14-39-25)15-40-28(37)34-22-9-8-18(30)12-21(22)31/h2-13,15H,14H2,1H3,(H,33,38). The molecule has 0 saturated heterocycles. The number of halogens is 3. The normalized spacial score (nSPS) is 13.4. The van der Waals surface area contributed by atoms with Crippen LogP contribution in [0.5, 0.6) is 5.75 Å². The third kappa shape index (κ3) is 4.92. The molecule has 0 radical (unpaired) electrons. The summed E-state index contributed by atoms with van der Waals surface area (Å²) in [6, 6.07) is 17.9. The fourth-order valence-electron chi connectivity index (χ4n) is 4.12. The Morgan fingerprint density at radius 3 is 2.75 bits per heavy atom. The van der Waals surface area contributed by atoms with Crippen molar-refractivity contribution >= 4 is 46.4 Å². The molecule has 3 aromatic carbocycles. The summed E-state index contributed by atoms with van der Waals surface area (Å²) in [4.78, 5) is 16.6. The second kappa shape index (κ2) is 10.5. The molecule has 6 rings (SSSR count). The first-order valence-corrected chi connectivity index (χ1v) is 13.3. The van der Waals surface area contributed by atoms with Crippen LogP contribution in [0.3, 0.4) is 0 Å². The lowest BCUT2D eigenvalue weighted by atomic mass is 10.1. The number of nitrogens with one attached hydrogen (secondary N) is 1. The van der Waals surface area contributed by atoms with Gasteiger partial charge in [-0.05, 0) is 49.4 Å². The van der Waals surface area contributed by atoms with Gasteiger partial charge in [0.2, 0.25) is 4.80 Å². The van der Waals surface area contributed by atoms with Crippen molar-refractivity contribution in [3.63, 3.8) is 0 Å². The van der Waals surface area contributed by atoms with Crippen molar-refractivity contribution in [3.05, 3.63) is 105 Å². The number of benzene rings is 3. The van der Waals surface area contributed by atoms with Gasteiger partial charge in [-0.25, -0.2) is 23.1 Å². The number of thiazole rings is 1. The Balaban J connectivity index is 1.48. The van der Waals surface area contributed by atoms with Gasteiger partial charge in [-0.1, -0.05) is 29.8 Å². The summed E-state index contributed by atoms with van der Waals surface area (Å²) >= 11 is 7.91. The molecule has 8 nitrogen and oxygen atoms in total. The number of hydrogen-bond donors (Lipinski definition) is 1. The van der Waals surface area contributed by atoms with Crippen molar-refractivity contribution in [2.45, 2.75) is 6.92 Å². The van der Waals surface area contributed by atoms with Crippen LogP contribution in [0, 0.1) is 18.6 Å². The number of rotatable bonds is 5. The molecular weight excluding hydrogens is 558 g/mol. The van der Waals surface area contributed by atoms with Crippen LogP contribution in [0.2, 0.25) is 5.15 Å². The third-order valence-electron chi connectivity index (χ3n) is 6.07. The third-order valence-corrected chi connectivity index (χ3v) is 7.25. The first kappa shape index (κ1) is 25.7. The highest BCUT2D eigenvalue weighted by Gasteiger charge is 2.19. The topological polar surface area (TPSA) is 85.8 Å². The van der Waals surface area contributed by atoms with Gasteiger partial charge < -0.3 is 10.1 Å². The minimum atomic E-state index is -0.804. The SMILES string of the molecule is Cc1nn(-c2ccccc2)c(Cl)c1C=Nn1c(-c2ccc3c(c2)NC(=O)CO3)csc1=Nc1ccc(F)cc1F. The van der Waals surface area contributed by atoms with Crippen molar-refractivity contribution in [1.82, 2.24) is 14.5 Å². The van der Waals surface area contributed by atoms with Crippen molar-refractivity contribution in [3.8, 4) is 22.7 Å². The molecule has 5 aromatic rings. The zero-order valence-electron chi connectivity index (χ0n) is 20.8. The van der Waals surface area contributed by atoms with E-state index in [2.05, 4.69) is 20.5 Å². The van der Waals surface area contributed by atoms with E-state index in [1.807, 2.05) is 43.3 Å². The highest BCUT2D eigenvalue weighted by molar-refractivity contribution is 7.07. The quantitative estimate of drug-likeness (QED) is 0.257. The number of carbonyl (C=O) groups excluding carboxylic acids is 1. The van der Waals surface area contributed by atoms with E-state index in [0.717, 1.165) is 17.8 Å². The first-order valence-electron chi connectivity index (χ1n) is 12.0. The molecule has 1 N–H and O–H groups in total. The van der Waals surface area contributed by atoms with Gasteiger partial charge in [0.25, 0.3) is 5.91 Å². The maximum atomic E-state index is 14.5. The summed E-state index contributed by atoms with van der Waals surface area (Å²) < 4.78 is 36.6. The van der Waals surface area contributed by atoms with Crippen LogP contribution in [0.25, 0.3) is 16.9 Å². The maximum Gasteiger partial charge on any atom is 0.262 e. The Morgan fingerprint density at radius 1 is 1.12 bits per heavy atom. The Hall–Kier alpha value is -4.61. The van der Waals surface area contributed by atoms with E-state index >= 15 is 0 Å². The van der Waals surface area contributed by atoms with Crippen LogP contribution in [0.1, 0.15) is 11.3 Å². The largest absolute Gasteiger partial charge is 0.482 e. The Bertz CT molecular complexity index is 1860. The number of hydrogen-bond acceptors (Lipinski definition) is 6. The van der Waals surface area contributed by atoms with Gasteiger partial charge in [0.15, 0.2) is 12.4 Å². The minimum absolute atomic E-state index is 0.0454. The van der Waals surface area contributed by atoms with Crippen LogP contribution >= 0.6 is 22.9 Å². The van der Waals surface area contributed by atoms with Gasteiger partial charge in [-0.3, -0.25) is 4.79 Å². The van der Waals surface area contributed by atoms with Crippen LogP contribution in [-0.2, 0) is 4.79 Å². The van der Waals surface area contributed by atoms with E-state index in [0.29, 0.717) is 43.9 Å². The average Bonchev–Trinajstić information content (AvgIpc) is 3.48. The fraction of sp³-hybridized carbons (Fsp3) is 0.0714. The number of nitrogens with zero attached hydrogens (tertiary/aromatic N) is 5. The first-order chi connectivity index (χ1) is 19.4. The zero-order chi connectivity index (χ0) is 27.8. The summed E-state index contributed by atoms with van der Waals surface area (Å²) in [5.41, 5.74) is 3.79. The van der Waals surface area contributed by atoms with E-state index in [1.165, 1.54) is 22.1 Å². The summed E-state index contributed by atoms with van der Waals surface area (Å²) in [7, 11) is 0. The minimum Gasteiger partial charge on any atom is -0.482 e. The van der Waals surface area contributed by atoms with E-state index in [-0.39, 0.29) is 18.2 Å². The van der Waals surface area contributed by atoms with E-state index < -0.39 is 11.6 Å². The van der Waals surface area contributed by atoms with Gasteiger partial charge in [-0.2, -0.15) is 10.2 Å². The van der Waals surface area contributed by atoms with Gasteiger partial charge in [0, 0.05) is 17.0 Å². The van der Waals surface area contributed by atoms with Crippen molar-refractivity contribution < 1.29 is 18.3 Å². The molecule has 3 heterocycles. The summed E-state index contributed by atoms with van der Waals surface area (Å²) in [5, 5.41) is 14.2. The lowest BCUT2D eigenvalue weighted by molar-refractivity contribution is -0.118. The van der Waals surface area contributed by atoms with Crippen molar-refractivity contribution in [2.24, 2.45) is 10.1 Å². The molecule has 200 valence electrons. The number of para-hydroxylation sites is 1. The molecule has 1 amide bonds. The van der Waals surface area contributed by atoms with Crippen molar-refractivity contribution in [1.29, 1.82) is 0 Å². The molecular formula is C28H19ClF2N6O2S. The van der Waals surface area contributed by atoms with Crippen LogP contribution in [0.15, 0.2) is 82.2 Å². The molecule has 40 heavy (non-hydrogen) atoms. The summed E-state index contributed by atoms with van der Waals surface area (Å²) in [6.45, 7) is 1.76. The fourth-order valence-corrected chi connectivity index (χ4v) is 5.29.